The first-order valence-corrected chi connectivity index (χ1v) is 10.7. The summed E-state index contributed by atoms with van der Waals surface area (Å²) in [4.78, 5) is 12.5. The summed E-state index contributed by atoms with van der Waals surface area (Å²) in [5.41, 5.74) is 5.06. The number of hydrogen-bond acceptors (Lipinski definition) is 4. The highest BCUT2D eigenvalue weighted by Gasteiger charge is 2.14. The summed E-state index contributed by atoms with van der Waals surface area (Å²) in [6, 6.07) is 30.2. The van der Waals surface area contributed by atoms with E-state index >= 15 is 0 Å². The highest BCUT2D eigenvalue weighted by atomic mass is 16.5. The Morgan fingerprint density at radius 3 is 2.18 bits per heavy atom. The maximum Gasteiger partial charge on any atom is 0.411 e. The quantitative estimate of drug-likeness (QED) is 0.336. The van der Waals surface area contributed by atoms with Crippen LogP contribution in [-0.4, -0.2) is 11.2 Å². The van der Waals surface area contributed by atoms with Crippen molar-refractivity contribution in [2.75, 3.05) is 5.32 Å². The molecule has 166 valence electrons. The van der Waals surface area contributed by atoms with Crippen molar-refractivity contribution in [3.8, 4) is 22.6 Å². The van der Waals surface area contributed by atoms with E-state index in [9.17, 15) is 9.90 Å². The number of phenols is 1. The van der Waals surface area contributed by atoms with Crippen LogP contribution in [0.3, 0.4) is 0 Å². The molecule has 4 aromatic rings. The summed E-state index contributed by atoms with van der Waals surface area (Å²) in [7, 11) is 0. The summed E-state index contributed by atoms with van der Waals surface area (Å²) in [6.07, 6.45) is -0.534. The molecule has 5 nitrogen and oxygen atoms in total. The van der Waals surface area contributed by atoms with Crippen molar-refractivity contribution in [1.29, 1.82) is 0 Å². The number of hydrogen-bond donors (Lipinski definition) is 2. The second kappa shape index (κ2) is 10.4. The molecular formula is C28H25NO4. The molecule has 0 aliphatic heterocycles. The summed E-state index contributed by atoms with van der Waals surface area (Å²) in [5.74, 6) is 0.426. The van der Waals surface area contributed by atoms with E-state index in [1.807, 2.05) is 85.8 Å². The first-order valence-electron chi connectivity index (χ1n) is 10.7. The second-order valence-corrected chi connectivity index (χ2v) is 7.64. The Morgan fingerprint density at radius 2 is 1.48 bits per heavy atom. The number of amides is 1. The van der Waals surface area contributed by atoms with Crippen molar-refractivity contribution in [3.05, 3.63) is 114 Å². The molecule has 0 bridgehead atoms. The lowest BCUT2D eigenvalue weighted by Crippen LogP contribution is -2.15. The highest BCUT2D eigenvalue weighted by molar-refractivity contribution is 5.93. The van der Waals surface area contributed by atoms with Gasteiger partial charge in [-0.15, -0.1) is 0 Å². The van der Waals surface area contributed by atoms with Gasteiger partial charge in [-0.2, -0.15) is 0 Å². The molecule has 0 fully saturated rings. The van der Waals surface area contributed by atoms with Gasteiger partial charge in [0.25, 0.3) is 0 Å². The smallest absolute Gasteiger partial charge is 0.411 e. The maximum absolute atomic E-state index is 12.5. The number of rotatable bonds is 7. The van der Waals surface area contributed by atoms with E-state index in [4.69, 9.17) is 9.47 Å². The van der Waals surface area contributed by atoms with Gasteiger partial charge in [-0.05, 0) is 41.3 Å². The molecule has 0 unspecified atom stereocenters. The topological polar surface area (TPSA) is 67.8 Å². The normalized spacial score (nSPS) is 10.5. The number of ether oxygens (including phenoxy) is 2. The number of carbonyl (C=O) groups excluding carboxylic acids is 1. The summed E-state index contributed by atoms with van der Waals surface area (Å²) < 4.78 is 11.3. The Kier molecular flexibility index (Phi) is 6.90. The number of para-hydroxylation sites is 1. The Balaban J connectivity index is 1.53. The van der Waals surface area contributed by atoms with Crippen molar-refractivity contribution in [2.45, 2.75) is 20.1 Å². The molecule has 2 N–H and O–H groups in total. The van der Waals surface area contributed by atoms with Crippen LogP contribution in [0.4, 0.5) is 10.5 Å². The van der Waals surface area contributed by atoms with Crippen LogP contribution in [0.25, 0.3) is 11.1 Å². The maximum atomic E-state index is 12.5. The Hall–Kier alpha value is -4.25. The predicted octanol–water partition coefficient (Wildman–Crippen LogP) is 6.70. The molecule has 5 heteroatoms. The standard InChI is InChI=1S/C28H25NO4/c1-20-9-8-14-24(27(20)29-28(31)33-19-22-12-6-3-7-13-22)23-15-16-25(30)26(17-23)32-18-21-10-4-2-5-11-21/h2-17,30H,18-19H2,1H3,(H,29,31). The average Bonchev–Trinajstić information content (AvgIpc) is 2.85. The minimum absolute atomic E-state index is 0.0547. The molecule has 33 heavy (non-hydrogen) atoms. The largest absolute Gasteiger partial charge is 0.504 e. The number of benzene rings is 4. The van der Waals surface area contributed by atoms with E-state index in [0.717, 1.165) is 27.8 Å². The van der Waals surface area contributed by atoms with E-state index in [2.05, 4.69) is 5.32 Å². The molecule has 0 aliphatic rings. The van der Waals surface area contributed by atoms with Gasteiger partial charge in [0.2, 0.25) is 0 Å². The summed E-state index contributed by atoms with van der Waals surface area (Å²) >= 11 is 0. The number of nitrogens with one attached hydrogen (secondary N) is 1. The zero-order chi connectivity index (χ0) is 23.0. The lowest BCUT2D eigenvalue weighted by Gasteiger charge is -2.16. The molecule has 0 aromatic heterocycles. The Bertz CT molecular complexity index is 1220. The van der Waals surface area contributed by atoms with Gasteiger partial charge in [-0.3, -0.25) is 5.32 Å². The fourth-order valence-corrected chi connectivity index (χ4v) is 3.47. The zero-order valence-corrected chi connectivity index (χ0v) is 18.3. The van der Waals surface area contributed by atoms with E-state index in [1.165, 1.54) is 0 Å². The van der Waals surface area contributed by atoms with Gasteiger partial charge in [0, 0.05) is 5.56 Å². The Labute approximate surface area is 193 Å². The summed E-state index contributed by atoms with van der Waals surface area (Å²) in [5, 5.41) is 13.2. The monoisotopic (exact) mass is 439 g/mol. The van der Waals surface area contributed by atoms with Gasteiger partial charge < -0.3 is 14.6 Å². The van der Waals surface area contributed by atoms with Crippen LogP contribution in [-0.2, 0) is 18.0 Å². The van der Waals surface area contributed by atoms with Crippen LogP contribution in [0.1, 0.15) is 16.7 Å². The van der Waals surface area contributed by atoms with Crippen molar-refractivity contribution in [2.24, 2.45) is 0 Å². The minimum Gasteiger partial charge on any atom is -0.504 e. The molecule has 0 saturated heterocycles. The third kappa shape index (κ3) is 5.71. The van der Waals surface area contributed by atoms with Gasteiger partial charge >= 0.3 is 6.09 Å². The van der Waals surface area contributed by atoms with Crippen molar-refractivity contribution in [1.82, 2.24) is 0 Å². The average molecular weight is 440 g/mol. The van der Waals surface area contributed by atoms with Gasteiger partial charge in [0.15, 0.2) is 11.5 Å². The molecule has 0 saturated carbocycles. The molecule has 4 aromatic carbocycles. The van der Waals surface area contributed by atoms with Crippen LogP contribution in [0.2, 0.25) is 0 Å². The highest BCUT2D eigenvalue weighted by Crippen LogP contribution is 2.36. The SMILES string of the molecule is Cc1cccc(-c2ccc(O)c(OCc3ccccc3)c2)c1NC(=O)OCc1ccccc1. The Morgan fingerprint density at radius 1 is 0.818 bits per heavy atom. The van der Waals surface area contributed by atoms with Gasteiger partial charge in [-0.25, -0.2) is 4.79 Å². The van der Waals surface area contributed by atoms with Crippen LogP contribution < -0.4 is 10.1 Å². The fourth-order valence-electron chi connectivity index (χ4n) is 3.47. The molecule has 0 aliphatic carbocycles. The number of anilines is 1. The molecular weight excluding hydrogens is 414 g/mol. The van der Waals surface area contributed by atoms with Crippen LogP contribution in [0.5, 0.6) is 11.5 Å². The van der Waals surface area contributed by atoms with E-state index in [-0.39, 0.29) is 12.4 Å². The zero-order valence-electron chi connectivity index (χ0n) is 18.3. The molecule has 4 rings (SSSR count). The lowest BCUT2D eigenvalue weighted by atomic mass is 10.00. The van der Waals surface area contributed by atoms with Gasteiger partial charge in [0.05, 0.1) is 5.69 Å². The predicted molar refractivity (Wildman–Crippen MR) is 129 cm³/mol. The second-order valence-electron chi connectivity index (χ2n) is 7.64. The van der Waals surface area contributed by atoms with Crippen LogP contribution in [0.15, 0.2) is 97.1 Å². The first-order chi connectivity index (χ1) is 16.1. The van der Waals surface area contributed by atoms with Gasteiger partial charge in [-0.1, -0.05) is 84.9 Å². The minimum atomic E-state index is -0.534. The van der Waals surface area contributed by atoms with Crippen molar-refractivity contribution in [3.63, 3.8) is 0 Å². The molecule has 0 spiro atoms. The number of carbonyl (C=O) groups is 1. The van der Waals surface area contributed by atoms with Gasteiger partial charge in [0.1, 0.15) is 13.2 Å². The molecule has 0 atom stereocenters. The molecule has 0 heterocycles. The van der Waals surface area contributed by atoms with E-state index in [1.54, 1.807) is 18.2 Å². The molecule has 0 radical (unpaired) electrons. The van der Waals surface area contributed by atoms with Crippen LogP contribution in [0, 0.1) is 6.92 Å². The van der Waals surface area contributed by atoms with Crippen molar-refractivity contribution < 1.29 is 19.4 Å². The first kappa shape index (κ1) is 22.0. The van der Waals surface area contributed by atoms with Crippen molar-refractivity contribution >= 4 is 11.8 Å². The number of aromatic hydroxyl groups is 1. The third-order valence-corrected chi connectivity index (χ3v) is 5.22. The van der Waals surface area contributed by atoms with E-state index < -0.39 is 6.09 Å². The lowest BCUT2D eigenvalue weighted by molar-refractivity contribution is 0.155. The molecule has 1 amide bonds. The number of phenolic OH excluding ortho intramolecular Hbond substituents is 1. The third-order valence-electron chi connectivity index (χ3n) is 5.22. The summed E-state index contributed by atoms with van der Waals surface area (Å²) in [6.45, 7) is 2.44. The van der Waals surface area contributed by atoms with Crippen LogP contribution >= 0.6 is 0 Å². The van der Waals surface area contributed by atoms with E-state index in [0.29, 0.717) is 18.0 Å². The fraction of sp³-hybridized carbons (Fsp3) is 0.107. The number of aryl methyl sites for hydroxylation is 1.